The first-order chi connectivity index (χ1) is 24.8. The van der Waals surface area contributed by atoms with E-state index in [1.807, 2.05) is 11.3 Å². The van der Waals surface area contributed by atoms with E-state index in [2.05, 4.69) is 180 Å². The molecule has 234 valence electrons. The summed E-state index contributed by atoms with van der Waals surface area (Å²) >= 11 is 1.95. The van der Waals surface area contributed by atoms with Crippen molar-refractivity contribution in [3.63, 3.8) is 0 Å². The van der Waals surface area contributed by atoms with Crippen LogP contribution in [-0.2, 0) is 0 Å². The highest BCUT2D eigenvalue weighted by Gasteiger charge is 2.46. The molecule has 2 nitrogen and oxygen atoms in total. The van der Waals surface area contributed by atoms with E-state index in [0.29, 0.717) is 0 Å². The quantitative estimate of drug-likeness (QED) is 0.135. The Morgan fingerprint density at radius 3 is 2.00 bits per heavy atom. The number of rotatable bonds is 4. The minimum absolute atomic E-state index is 0.0234. The number of nitrogens with zero attached hydrogens (tertiary/aromatic N) is 2. The number of aromatic nitrogens is 1. The molecule has 7 aromatic carbocycles. The third-order valence-corrected chi connectivity index (χ3v) is 12.2. The van der Waals surface area contributed by atoms with Crippen molar-refractivity contribution in [2.45, 2.75) is 12.8 Å². The molecule has 2 aromatic heterocycles. The van der Waals surface area contributed by atoms with Gasteiger partial charge in [0, 0.05) is 48.5 Å². The molecule has 0 saturated carbocycles. The van der Waals surface area contributed by atoms with E-state index in [0.717, 1.165) is 0 Å². The minimum atomic E-state index is 0.0234. The molecule has 0 atom stereocenters. The van der Waals surface area contributed by atoms with Crippen molar-refractivity contribution >= 4 is 71.7 Å². The van der Waals surface area contributed by atoms with Crippen molar-refractivity contribution < 1.29 is 0 Å². The first-order valence-corrected chi connectivity index (χ1v) is 18.2. The van der Waals surface area contributed by atoms with Crippen molar-refractivity contribution in [1.82, 2.24) is 4.57 Å². The monoisotopic (exact) mass is 654 g/mol. The zero-order valence-corrected chi connectivity index (χ0v) is 28.4. The highest BCUT2D eigenvalue weighted by Crippen LogP contribution is 2.50. The summed E-state index contributed by atoms with van der Waals surface area (Å²) in [4.78, 5) is 2.62. The predicted octanol–water partition coefficient (Wildman–Crippen LogP) is 10.7. The number of benzene rings is 7. The van der Waals surface area contributed by atoms with Crippen LogP contribution in [0.4, 0.5) is 11.4 Å². The summed E-state index contributed by atoms with van der Waals surface area (Å²) in [5.41, 5.74) is 15.6. The zero-order valence-electron chi connectivity index (χ0n) is 27.5. The second-order valence-electron chi connectivity index (χ2n) is 13.7. The Morgan fingerprint density at radius 1 is 0.600 bits per heavy atom. The zero-order chi connectivity index (χ0) is 32.9. The van der Waals surface area contributed by atoms with Gasteiger partial charge in [-0.1, -0.05) is 133 Å². The van der Waals surface area contributed by atoms with Crippen molar-refractivity contribution in [2.75, 3.05) is 4.81 Å². The third kappa shape index (κ3) is 3.80. The Bertz CT molecular complexity index is 2740. The first kappa shape index (κ1) is 28.0. The van der Waals surface area contributed by atoms with Gasteiger partial charge in [-0.2, -0.15) is 0 Å². The van der Waals surface area contributed by atoms with Gasteiger partial charge in [-0.15, -0.1) is 11.3 Å². The Labute approximate surface area is 295 Å². The lowest BCUT2D eigenvalue weighted by molar-refractivity contribution is 0.990. The van der Waals surface area contributed by atoms with Crippen LogP contribution in [0.1, 0.15) is 28.2 Å². The van der Waals surface area contributed by atoms with E-state index in [4.69, 9.17) is 0 Å². The van der Waals surface area contributed by atoms with E-state index in [1.165, 1.54) is 92.6 Å². The van der Waals surface area contributed by atoms with E-state index in [1.54, 1.807) is 0 Å². The molecule has 0 aliphatic carbocycles. The molecule has 11 rings (SSSR count). The normalized spacial score (nSPS) is 13.0. The van der Waals surface area contributed by atoms with Gasteiger partial charge in [0.15, 0.2) is 0 Å². The first-order valence-electron chi connectivity index (χ1n) is 17.4. The lowest BCUT2D eigenvalue weighted by atomic mass is 9.47. The van der Waals surface area contributed by atoms with Crippen LogP contribution in [0.15, 0.2) is 164 Å². The summed E-state index contributed by atoms with van der Waals surface area (Å²) < 4.78 is 5.35. The number of fused-ring (bicyclic) bond motifs is 10. The van der Waals surface area contributed by atoms with Gasteiger partial charge in [0.25, 0.3) is 0 Å². The van der Waals surface area contributed by atoms with E-state index in [-0.39, 0.29) is 12.8 Å². The van der Waals surface area contributed by atoms with E-state index in [9.17, 15) is 0 Å². The maximum absolute atomic E-state index is 2.63. The summed E-state index contributed by atoms with van der Waals surface area (Å²) in [5.74, 6) is 0.0586. The van der Waals surface area contributed by atoms with Gasteiger partial charge in [-0.05, 0) is 71.0 Å². The van der Waals surface area contributed by atoms with Crippen LogP contribution in [0, 0.1) is 6.92 Å². The number of hydrogen-bond donors (Lipinski definition) is 0. The lowest BCUT2D eigenvalue weighted by Gasteiger charge is -2.41. The van der Waals surface area contributed by atoms with Crippen LogP contribution in [0.25, 0.3) is 48.7 Å². The maximum atomic E-state index is 2.63. The number of hydrogen-bond acceptors (Lipinski definition) is 2. The van der Waals surface area contributed by atoms with Crippen LogP contribution in [0.5, 0.6) is 0 Å². The topological polar surface area (TPSA) is 8.17 Å². The summed E-state index contributed by atoms with van der Waals surface area (Å²) in [6.45, 7) is 2.20. The summed E-state index contributed by atoms with van der Waals surface area (Å²) in [6, 6.07) is 61.0. The summed E-state index contributed by atoms with van der Waals surface area (Å²) in [6.07, 6.45) is 0. The highest BCUT2D eigenvalue weighted by molar-refractivity contribution is 7.32. The van der Waals surface area contributed by atoms with Crippen LogP contribution in [0.2, 0.25) is 0 Å². The number of anilines is 2. The summed E-state index contributed by atoms with van der Waals surface area (Å²) in [5, 5.41) is 3.98. The molecule has 4 heterocycles. The number of para-hydroxylation sites is 2. The Morgan fingerprint density at radius 2 is 1.24 bits per heavy atom. The number of aryl methyl sites for hydroxylation is 1. The SMILES string of the molecule is Cc1ccc(N2B3c4sc5ccccc5c4-n4c5ccccc5c5c(C(c6ccccc6)c6ccccc6)cc(c3c54)-c3ccccc32)cc1. The van der Waals surface area contributed by atoms with Crippen LogP contribution in [0.3, 0.4) is 0 Å². The molecular formula is C46H31BN2S. The molecule has 0 radical (unpaired) electrons. The highest BCUT2D eigenvalue weighted by atomic mass is 32.1. The Hall–Kier alpha value is -5.84. The van der Waals surface area contributed by atoms with Gasteiger partial charge < -0.3 is 9.38 Å². The second kappa shape index (κ2) is 10.6. The molecule has 0 N–H and O–H groups in total. The lowest BCUT2D eigenvalue weighted by Crippen LogP contribution is -2.59. The molecular weight excluding hydrogens is 623 g/mol. The molecule has 0 saturated heterocycles. The third-order valence-electron chi connectivity index (χ3n) is 11.0. The van der Waals surface area contributed by atoms with Crippen molar-refractivity contribution in [3.05, 3.63) is 186 Å². The predicted molar refractivity (Wildman–Crippen MR) is 214 cm³/mol. The van der Waals surface area contributed by atoms with Gasteiger partial charge in [0.05, 0.1) is 16.7 Å². The molecule has 0 fully saturated rings. The van der Waals surface area contributed by atoms with Gasteiger partial charge in [0.1, 0.15) is 0 Å². The smallest absolute Gasteiger partial charge is 0.343 e. The maximum Gasteiger partial charge on any atom is 0.343 e. The molecule has 0 spiro atoms. The second-order valence-corrected chi connectivity index (χ2v) is 14.8. The molecule has 2 aliphatic rings. The fraction of sp³-hybridized carbons (Fsp3) is 0.0435. The molecule has 50 heavy (non-hydrogen) atoms. The van der Waals surface area contributed by atoms with Gasteiger partial charge in [-0.25, -0.2) is 0 Å². The largest absolute Gasteiger partial charge is 0.376 e. The van der Waals surface area contributed by atoms with Crippen LogP contribution in [-0.4, -0.2) is 11.4 Å². The van der Waals surface area contributed by atoms with Crippen LogP contribution < -0.4 is 15.1 Å². The van der Waals surface area contributed by atoms with E-state index >= 15 is 0 Å². The average Bonchev–Trinajstić information content (AvgIpc) is 3.73. The average molecular weight is 655 g/mol. The van der Waals surface area contributed by atoms with E-state index < -0.39 is 0 Å². The van der Waals surface area contributed by atoms with Crippen LogP contribution >= 0.6 is 11.3 Å². The fourth-order valence-electron chi connectivity index (χ4n) is 8.91. The minimum Gasteiger partial charge on any atom is -0.376 e. The molecule has 0 bridgehead atoms. The molecule has 2 aliphatic heterocycles. The Balaban J connectivity index is 1.37. The van der Waals surface area contributed by atoms with Gasteiger partial charge in [-0.3, -0.25) is 0 Å². The molecule has 0 amide bonds. The molecule has 9 aromatic rings. The van der Waals surface area contributed by atoms with Gasteiger partial charge >= 0.3 is 6.85 Å². The van der Waals surface area contributed by atoms with Gasteiger partial charge in [0.2, 0.25) is 0 Å². The van der Waals surface area contributed by atoms with Crippen molar-refractivity contribution in [1.29, 1.82) is 0 Å². The van der Waals surface area contributed by atoms with Crippen molar-refractivity contribution in [2.24, 2.45) is 0 Å². The number of thiophene rings is 1. The molecule has 0 unspecified atom stereocenters. The standard InChI is InChI=1S/C46H31BN2S/c1-29-24-26-32(27-25-29)49-39-22-12-8-18-33(39)36-28-37(41(30-14-4-2-5-15-30)31-16-6-3-7-17-31)42-34-19-9-11-21-38(34)48-44-35-20-10-13-23-40(35)50-46(44)47(49)43(36)45(42)48/h2-28,41H,1H3. The van der Waals surface area contributed by atoms with Crippen molar-refractivity contribution in [3.8, 4) is 16.8 Å². The fourth-order valence-corrected chi connectivity index (χ4v) is 10.2. The molecule has 4 heteroatoms. The Kier molecular flexibility index (Phi) is 5.94. The summed E-state index contributed by atoms with van der Waals surface area (Å²) in [7, 11) is 0.